The second-order valence-electron chi connectivity index (χ2n) is 5.30. The molecule has 3 aromatic rings. The van der Waals surface area contributed by atoms with Gasteiger partial charge in [0.2, 0.25) is 0 Å². The largest absolute Gasteiger partial charge is 0.435 e. The van der Waals surface area contributed by atoms with Crippen LogP contribution in [0, 0.1) is 6.92 Å². The van der Waals surface area contributed by atoms with Gasteiger partial charge in [-0.2, -0.15) is 8.78 Å². The molecule has 0 aliphatic heterocycles. The van der Waals surface area contributed by atoms with Crippen molar-refractivity contribution in [2.24, 2.45) is 0 Å². The lowest BCUT2D eigenvalue weighted by Crippen LogP contribution is -2.15. The topological polar surface area (TPSA) is 43.6 Å². The van der Waals surface area contributed by atoms with Crippen molar-refractivity contribution in [1.29, 1.82) is 0 Å². The molecule has 7 heteroatoms. The number of halogens is 3. The summed E-state index contributed by atoms with van der Waals surface area (Å²) in [4.78, 5) is 16.6. The summed E-state index contributed by atoms with van der Waals surface area (Å²) < 4.78 is 30.0. The van der Waals surface area contributed by atoms with Gasteiger partial charge in [0.15, 0.2) is 0 Å². The van der Waals surface area contributed by atoms with E-state index in [1.165, 1.54) is 22.6 Å². The highest BCUT2D eigenvalue weighted by Gasteiger charge is 2.08. The molecule has 128 valence electrons. The van der Waals surface area contributed by atoms with E-state index in [-0.39, 0.29) is 16.3 Å². The molecule has 0 spiro atoms. The van der Waals surface area contributed by atoms with Gasteiger partial charge in [-0.05, 0) is 42.3 Å². The van der Waals surface area contributed by atoms with Gasteiger partial charge < -0.3 is 4.74 Å². The van der Waals surface area contributed by atoms with Gasteiger partial charge in [-0.1, -0.05) is 29.8 Å². The van der Waals surface area contributed by atoms with Crippen molar-refractivity contribution >= 4 is 28.4 Å². The molecule has 0 bridgehead atoms. The molecule has 0 fully saturated rings. The Kier molecular flexibility index (Phi) is 4.81. The van der Waals surface area contributed by atoms with Crippen LogP contribution in [0.25, 0.3) is 16.8 Å². The first-order chi connectivity index (χ1) is 11.9. The van der Waals surface area contributed by atoms with Crippen LogP contribution in [0.15, 0.2) is 53.5 Å². The SMILES string of the molecule is Cc1cccn2c(=O)cc(/C(Cl)=C/c3ccc(OC(F)F)cc3)nc12. The van der Waals surface area contributed by atoms with Crippen molar-refractivity contribution in [3.8, 4) is 5.75 Å². The second kappa shape index (κ2) is 7.03. The van der Waals surface area contributed by atoms with E-state index in [1.807, 2.05) is 13.0 Å². The number of aromatic nitrogens is 2. The summed E-state index contributed by atoms with van der Waals surface area (Å²) in [6, 6.07) is 11.0. The third-order valence-corrected chi connectivity index (χ3v) is 3.83. The fourth-order valence-corrected chi connectivity index (χ4v) is 2.57. The predicted octanol–water partition coefficient (Wildman–Crippen LogP) is 4.34. The second-order valence-corrected chi connectivity index (χ2v) is 5.71. The zero-order valence-electron chi connectivity index (χ0n) is 13.1. The Morgan fingerprint density at radius 3 is 2.68 bits per heavy atom. The van der Waals surface area contributed by atoms with E-state index in [1.54, 1.807) is 30.5 Å². The van der Waals surface area contributed by atoms with Gasteiger partial charge in [0.25, 0.3) is 5.56 Å². The van der Waals surface area contributed by atoms with Crippen LogP contribution in [0.1, 0.15) is 16.8 Å². The average molecular weight is 363 g/mol. The van der Waals surface area contributed by atoms with Crippen molar-refractivity contribution < 1.29 is 13.5 Å². The van der Waals surface area contributed by atoms with Gasteiger partial charge in [-0.15, -0.1) is 0 Å². The number of rotatable bonds is 4. The van der Waals surface area contributed by atoms with E-state index in [2.05, 4.69) is 9.72 Å². The first kappa shape index (κ1) is 17.1. The minimum absolute atomic E-state index is 0.0565. The number of nitrogens with zero attached hydrogens (tertiary/aromatic N) is 2. The standard InChI is InChI=1S/C18H13ClF2N2O2/c1-11-3-2-8-23-16(24)10-15(22-17(11)23)14(19)9-12-4-6-13(7-5-12)25-18(20)21/h2-10,18H,1H3/b14-9-. The Balaban J connectivity index is 1.96. The highest BCUT2D eigenvalue weighted by molar-refractivity contribution is 6.51. The Hall–Kier alpha value is -2.73. The number of pyridine rings is 1. The van der Waals surface area contributed by atoms with Crippen LogP contribution in [0.4, 0.5) is 8.78 Å². The molecule has 0 atom stereocenters. The summed E-state index contributed by atoms with van der Waals surface area (Å²) in [5.74, 6) is 0.0565. The summed E-state index contributed by atoms with van der Waals surface area (Å²) in [6.07, 6.45) is 3.24. The highest BCUT2D eigenvalue weighted by atomic mass is 35.5. The molecule has 0 saturated heterocycles. The molecule has 0 aliphatic carbocycles. The molecule has 1 aromatic carbocycles. The Labute approximate surface area is 147 Å². The molecule has 0 radical (unpaired) electrons. The number of aryl methyl sites for hydroxylation is 1. The number of fused-ring (bicyclic) bond motifs is 1. The summed E-state index contributed by atoms with van der Waals surface area (Å²) >= 11 is 6.29. The summed E-state index contributed by atoms with van der Waals surface area (Å²) in [5, 5.41) is 0.269. The number of hydrogen-bond donors (Lipinski definition) is 0. The van der Waals surface area contributed by atoms with Gasteiger partial charge in [0.1, 0.15) is 11.4 Å². The van der Waals surface area contributed by atoms with Gasteiger partial charge in [-0.25, -0.2) is 4.98 Å². The molecule has 0 unspecified atom stereocenters. The van der Waals surface area contributed by atoms with Crippen molar-refractivity contribution in [1.82, 2.24) is 9.38 Å². The molecule has 0 amide bonds. The third kappa shape index (κ3) is 3.85. The van der Waals surface area contributed by atoms with Gasteiger partial charge in [0, 0.05) is 12.3 Å². The predicted molar refractivity (Wildman–Crippen MR) is 93.0 cm³/mol. The van der Waals surface area contributed by atoms with E-state index in [0.29, 0.717) is 16.9 Å². The lowest BCUT2D eigenvalue weighted by Gasteiger charge is -2.06. The highest BCUT2D eigenvalue weighted by Crippen LogP contribution is 2.22. The summed E-state index contributed by atoms with van der Waals surface area (Å²) in [6.45, 7) is -1.02. The van der Waals surface area contributed by atoms with Crippen LogP contribution < -0.4 is 10.3 Å². The van der Waals surface area contributed by atoms with E-state index in [9.17, 15) is 13.6 Å². The van der Waals surface area contributed by atoms with Crippen LogP contribution in [0.5, 0.6) is 5.75 Å². The monoisotopic (exact) mass is 362 g/mol. The zero-order valence-corrected chi connectivity index (χ0v) is 13.9. The lowest BCUT2D eigenvalue weighted by molar-refractivity contribution is -0.0498. The molecule has 3 rings (SSSR count). The van der Waals surface area contributed by atoms with E-state index >= 15 is 0 Å². The molecule has 0 aliphatic rings. The minimum atomic E-state index is -2.87. The number of ether oxygens (including phenoxy) is 1. The third-order valence-electron chi connectivity index (χ3n) is 3.53. The lowest BCUT2D eigenvalue weighted by atomic mass is 10.2. The van der Waals surface area contributed by atoms with Crippen LogP contribution in [0.3, 0.4) is 0 Å². The first-order valence-electron chi connectivity index (χ1n) is 7.35. The fraction of sp³-hybridized carbons (Fsp3) is 0.111. The Morgan fingerprint density at radius 2 is 2.00 bits per heavy atom. The summed E-state index contributed by atoms with van der Waals surface area (Å²) in [5.41, 5.74) is 2.14. The molecule has 4 nitrogen and oxygen atoms in total. The van der Waals surface area contributed by atoms with Gasteiger partial charge in [0.05, 0.1) is 10.7 Å². The van der Waals surface area contributed by atoms with Crippen molar-refractivity contribution in [3.05, 3.63) is 75.8 Å². The molecular weight excluding hydrogens is 350 g/mol. The molecule has 2 aromatic heterocycles. The molecule has 25 heavy (non-hydrogen) atoms. The molecular formula is C18H13ClF2N2O2. The van der Waals surface area contributed by atoms with E-state index < -0.39 is 6.61 Å². The molecule has 2 heterocycles. The average Bonchev–Trinajstić information content (AvgIpc) is 2.57. The normalized spacial score (nSPS) is 12.0. The van der Waals surface area contributed by atoms with Crippen LogP contribution in [-0.4, -0.2) is 16.0 Å². The Morgan fingerprint density at radius 1 is 1.28 bits per heavy atom. The fourth-order valence-electron chi connectivity index (χ4n) is 2.35. The number of hydrogen-bond acceptors (Lipinski definition) is 3. The van der Waals surface area contributed by atoms with Crippen molar-refractivity contribution in [3.63, 3.8) is 0 Å². The van der Waals surface area contributed by atoms with Crippen LogP contribution >= 0.6 is 11.6 Å². The van der Waals surface area contributed by atoms with Gasteiger partial charge >= 0.3 is 6.61 Å². The maximum atomic E-state index is 12.2. The van der Waals surface area contributed by atoms with Crippen LogP contribution in [-0.2, 0) is 0 Å². The first-order valence-corrected chi connectivity index (χ1v) is 7.73. The quantitative estimate of drug-likeness (QED) is 0.693. The molecule has 0 N–H and O–H groups in total. The van der Waals surface area contributed by atoms with Gasteiger partial charge in [-0.3, -0.25) is 9.20 Å². The van der Waals surface area contributed by atoms with Crippen LogP contribution in [0.2, 0.25) is 0 Å². The van der Waals surface area contributed by atoms with E-state index in [0.717, 1.165) is 5.56 Å². The van der Waals surface area contributed by atoms with Crippen molar-refractivity contribution in [2.75, 3.05) is 0 Å². The number of alkyl halides is 2. The number of benzene rings is 1. The zero-order chi connectivity index (χ0) is 18.0. The maximum absolute atomic E-state index is 12.2. The summed E-state index contributed by atoms with van der Waals surface area (Å²) in [7, 11) is 0. The Bertz CT molecular complexity index is 998. The van der Waals surface area contributed by atoms with Crippen molar-refractivity contribution in [2.45, 2.75) is 13.5 Å². The maximum Gasteiger partial charge on any atom is 0.387 e. The smallest absolute Gasteiger partial charge is 0.387 e. The molecule has 0 saturated carbocycles. The minimum Gasteiger partial charge on any atom is -0.435 e. The van der Waals surface area contributed by atoms with E-state index in [4.69, 9.17) is 11.6 Å².